The van der Waals surface area contributed by atoms with Gasteiger partial charge >= 0.3 is 0 Å². The molecule has 0 aromatic heterocycles. The van der Waals surface area contributed by atoms with Crippen LogP contribution in [0, 0.1) is 20.2 Å². The maximum Gasteiger partial charge on any atom is 0.270 e. The monoisotopic (exact) mass is 581 g/mol. The number of nitrogens with zero attached hydrogens (tertiary/aromatic N) is 4. The highest BCUT2D eigenvalue weighted by Gasteiger charge is 2.35. The second-order valence-corrected chi connectivity index (χ2v) is 10.3. The van der Waals surface area contributed by atoms with Gasteiger partial charge in [0.1, 0.15) is 0 Å². The molecule has 2 aliphatic heterocycles. The quantitative estimate of drug-likeness (QED) is 0.125. The summed E-state index contributed by atoms with van der Waals surface area (Å²) in [7, 11) is 0. The predicted molar refractivity (Wildman–Crippen MR) is 154 cm³/mol. The molecule has 13 heteroatoms. The van der Waals surface area contributed by atoms with Crippen LogP contribution in [0.5, 0.6) is 0 Å². The van der Waals surface area contributed by atoms with E-state index in [1.54, 1.807) is 36.4 Å². The van der Waals surface area contributed by atoms with E-state index in [-0.39, 0.29) is 35.6 Å². The first-order valence-electron chi connectivity index (χ1n) is 13.5. The maximum atomic E-state index is 13.2. The van der Waals surface area contributed by atoms with Crippen LogP contribution in [0.3, 0.4) is 0 Å². The van der Waals surface area contributed by atoms with Crippen molar-refractivity contribution in [1.82, 2.24) is 15.1 Å². The molecule has 0 bridgehead atoms. The van der Waals surface area contributed by atoms with E-state index >= 15 is 0 Å². The molecule has 2 aliphatic rings. The summed E-state index contributed by atoms with van der Waals surface area (Å²) in [4.78, 5) is 76.3. The Balaban J connectivity index is 1.05. The summed E-state index contributed by atoms with van der Waals surface area (Å²) < 4.78 is 0. The number of carbonyl (C=O) groups is 4. The van der Waals surface area contributed by atoms with Crippen molar-refractivity contribution in [2.24, 2.45) is 0 Å². The molecule has 13 nitrogen and oxygen atoms in total. The minimum Gasteiger partial charge on any atom is -0.317 e. The van der Waals surface area contributed by atoms with E-state index < -0.39 is 33.5 Å². The van der Waals surface area contributed by atoms with Crippen LogP contribution in [0.25, 0.3) is 21.5 Å². The van der Waals surface area contributed by atoms with Crippen molar-refractivity contribution in [3.8, 4) is 0 Å². The average Bonchev–Trinajstić information content (AvgIpc) is 3.00. The number of nitro groups is 2. The van der Waals surface area contributed by atoms with Crippen molar-refractivity contribution in [2.45, 2.75) is 12.8 Å². The number of carbonyl (C=O) groups excluding carboxylic acids is 4. The van der Waals surface area contributed by atoms with Gasteiger partial charge in [-0.2, -0.15) is 0 Å². The van der Waals surface area contributed by atoms with E-state index in [0.717, 1.165) is 9.80 Å². The van der Waals surface area contributed by atoms with E-state index in [2.05, 4.69) is 5.32 Å². The Bertz CT molecular complexity index is 1780. The molecule has 0 spiro atoms. The zero-order chi connectivity index (χ0) is 30.4. The van der Waals surface area contributed by atoms with Crippen molar-refractivity contribution in [3.63, 3.8) is 0 Å². The van der Waals surface area contributed by atoms with Crippen molar-refractivity contribution in [3.05, 3.63) is 103 Å². The summed E-state index contributed by atoms with van der Waals surface area (Å²) in [6, 6.07) is 14.8. The van der Waals surface area contributed by atoms with Crippen LogP contribution < -0.4 is 5.32 Å². The number of hydrogen-bond acceptors (Lipinski definition) is 9. The Labute approximate surface area is 243 Å². The molecular weight excluding hydrogens is 558 g/mol. The first kappa shape index (κ1) is 27.6. The van der Waals surface area contributed by atoms with Gasteiger partial charge in [-0.3, -0.25) is 49.2 Å². The number of nitrogens with one attached hydrogen (secondary N) is 1. The van der Waals surface area contributed by atoms with Crippen LogP contribution in [0.15, 0.2) is 60.7 Å². The average molecular weight is 582 g/mol. The molecule has 0 atom stereocenters. The van der Waals surface area contributed by atoms with Crippen molar-refractivity contribution in [1.29, 1.82) is 0 Å². The molecular formula is C30H23N5O8. The lowest BCUT2D eigenvalue weighted by molar-refractivity contribution is -0.384. The molecule has 0 fully saturated rings. The second-order valence-electron chi connectivity index (χ2n) is 10.3. The standard InChI is InChI=1S/C30H23N5O8/c36-27-21-7-1-5-17-13-19(34(40)41)15-23(25(17)21)29(38)32(27)11-3-9-31-10-4-12-33-28(37)22-8-2-6-18-14-20(35(42)43)16-24(26(18)22)30(33)39/h1-2,5-8,13-16,31H,3-4,9-12H2. The summed E-state index contributed by atoms with van der Waals surface area (Å²) in [5.41, 5.74) is 0.402. The number of rotatable bonds is 10. The van der Waals surface area contributed by atoms with Crippen LogP contribution >= 0.6 is 0 Å². The van der Waals surface area contributed by atoms with Gasteiger partial charge in [-0.15, -0.1) is 0 Å². The summed E-state index contributed by atoms with van der Waals surface area (Å²) in [6.07, 6.45) is 0.802. The number of hydrogen-bond donors (Lipinski definition) is 1. The van der Waals surface area contributed by atoms with E-state index in [1.807, 2.05) is 0 Å². The molecule has 216 valence electrons. The van der Waals surface area contributed by atoms with Gasteiger partial charge in [0, 0.05) is 59.3 Å². The molecule has 4 aromatic carbocycles. The predicted octanol–water partition coefficient (Wildman–Crippen LogP) is 4.07. The fourth-order valence-corrected chi connectivity index (χ4v) is 5.75. The minimum absolute atomic E-state index is 0.0891. The minimum atomic E-state index is -0.588. The maximum absolute atomic E-state index is 13.2. The van der Waals surface area contributed by atoms with Gasteiger partial charge in [0.25, 0.3) is 35.0 Å². The largest absolute Gasteiger partial charge is 0.317 e. The number of benzene rings is 4. The Morgan fingerprint density at radius 2 is 0.977 bits per heavy atom. The fraction of sp³-hybridized carbons (Fsp3) is 0.200. The van der Waals surface area contributed by atoms with Crippen LogP contribution in [-0.4, -0.2) is 69.5 Å². The zero-order valence-corrected chi connectivity index (χ0v) is 22.6. The molecule has 0 aliphatic carbocycles. The Morgan fingerprint density at radius 1 is 0.581 bits per heavy atom. The third-order valence-corrected chi connectivity index (χ3v) is 7.72. The smallest absolute Gasteiger partial charge is 0.270 e. The van der Waals surface area contributed by atoms with Gasteiger partial charge in [0.15, 0.2) is 0 Å². The van der Waals surface area contributed by atoms with Gasteiger partial charge < -0.3 is 5.32 Å². The van der Waals surface area contributed by atoms with Gasteiger partial charge in [-0.25, -0.2) is 0 Å². The number of imide groups is 2. The van der Waals surface area contributed by atoms with E-state index in [1.165, 1.54) is 24.3 Å². The SMILES string of the molecule is O=C1c2cccc3cc([N+](=O)[O-])cc(c23)C(=O)N1CCCNCCCN1C(=O)c2cccc3cc([N+](=O)[O-])cc(c23)C1=O. The summed E-state index contributed by atoms with van der Waals surface area (Å²) in [5, 5.41) is 27.7. The highest BCUT2D eigenvalue weighted by molar-refractivity contribution is 6.26. The lowest BCUT2D eigenvalue weighted by atomic mass is 9.93. The van der Waals surface area contributed by atoms with Gasteiger partial charge in [0.2, 0.25) is 0 Å². The molecule has 0 saturated heterocycles. The number of non-ortho nitro benzene ring substituents is 2. The Morgan fingerprint density at radius 3 is 1.37 bits per heavy atom. The van der Waals surface area contributed by atoms with Gasteiger partial charge in [-0.05, 0) is 48.8 Å². The molecule has 4 aromatic rings. The van der Waals surface area contributed by atoms with Gasteiger partial charge in [-0.1, -0.05) is 24.3 Å². The molecule has 0 saturated carbocycles. The van der Waals surface area contributed by atoms with Crippen LogP contribution in [-0.2, 0) is 0 Å². The normalized spacial score (nSPS) is 14.2. The van der Waals surface area contributed by atoms with Crippen LogP contribution in [0.4, 0.5) is 11.4 Å². The lowest BCUT2D eigenvalue weighted by Gasteiger charge is -2.27. The molecule has 0 unspecified atom stereocenters. The molecule has 1 N–H and O–H groups in total. The topological polar surface area (TPSA) is 173 Å². The fourth-order valence-electron chi connectivity index (χ4n) is 5.75. The summed E-state index contributed by atoms with van der Waals surface area (Å²) >= 11 is 0. The zero-order valence-electron chi connectivity index (χ0n) is 22.6. The van der Waals surface area contributed by atoms with Crippen molar-refractivity contribution in [2.75, 3.05) is 26.2 Å². The Hall–Kier alpha value is -5.56. The number of amides is 4. The first-order valence-corrected chi connectivity index (χ1v) is 13.5. The third-order valence-electron chi connectivity index (χ3n) is 7.72. The molecule has 4 amide bonds. The highest BCUT2D eigenvalue weighted by Crippen LogP contribution is 2.35. The summed E-state index contributed by atoms with van der Waals surface area (Å²) in [6.45, 7) is 1.01. The lowest BCUT2D eigenvalue weighted by Crippen LogP contribution is -2.42. The molecule has 6 rings (SSSR count). The highest BCUT2D eigenvalue weighted by atomic mass is 16.6. The molecule has 2 heterocycles. The summed E-state index contributed by atoms with van der Waals surface area (Å²) in [5.74, 6) is -2.10. The molecule has 43 heavy (non-hydrogen) atoms. The van der Waals surface area contributed by atoms with Crippen molar-refractivity contribution < 1.29 is 29.0 Å². The van der Waals surface area contributed by atoms with Gasteiger partial charge in [0.05, 0.1) is 21.0 Å². The Kier molecular flexibility index (Phi) is 6.86. The first-order chi connectivity index (χ1) is 20.7. The van der Waals surface area contributed by atoms with E-state index in [9.17, 15) is 39.4 Å². The van der Waals surface area contributed by atoms with Crippen LogP contribution in [0.1, 0.15) is 54.3 Å². The van der Waals surface area contributed by atoms with Crippen LogP contribution in [0.2, 0.25) is 0 Å². The van der Waals surface area contributed by atoms with E-state index in [4.69, 9.17) is 0 Å². The third kappa shape index (κ3) is 4.65. The van der Waals surface area contributed by atoms with Crippen molar-refractivity contribution >= 4 is 56.5 Å². The second kappa shape index (κ2) is 10.7. The number of nitro benzene ring substituents is 2. The molecule has 0 radical (unpaired) electrons. The van der Waals surface area contributed by atoms with E-state index in [0.29, 0.717) is 58.6 Å².